The van der Waals surface area contributed by atoms with Gasteiger partial charge in [0.2, 0.25) is 0 Å². The summed E-state index contributed by atoms with van der Waals surface area (Å²) in [6.45, 7) is 4.08. The second-order valence-corrected chi connectivity index (χ2v) is 6.81. The Labute approximate surface area is 136 Å². The van der Waals surface area contributed by atoms with E-state index in [1.165, 1.54) is 37.7 Å². The molecule has 1 aliphatic carbocycles. The molecular formula is C18H25BrFN. The molecule has 0 saturated heterocycles. The molecule has 0 spiro atoms. The zero-order valence-electron chi connectivity index (χ0n) is 12.8. The average Bonchev–Trinajstić information content (AvgIpc) is 2.49. The minimum absolute atomic E-state index is 0.145. The first-order valence-corrected chi connectivity index (χ1v) is 8.86. The molecule has 0 heterocycles. The lowest BCUT2D eigenvalue weighted by Gasteiger charge is -2.25. The maximum absolute atomic E-state index is 14.1. The minimum atomic E-state index is -0.145. The molecule has 0 amide bonds. The zero-order valence-corrected chi connectivity index (χ0v) is 14.4. The first kappa shape index (κ1) is 16.7. The first-order chi connectivity index (χ1) is 10.2. The van der Waals surface area contributed by atoms with E-state index >= 15 is 0 Å². The fourth-order valence-corrected chi connectivity index (χ4v) is 3.35. The van der Waals surface area contributed by atoms with Crippen molar-refractivity contribution in [3.8, 4) is 0 Å². The van der Waals surface area contributed by atoms with E-state index in [4.69, 9.17) is 0 Å². The summed E-state index contributed by atoms with van der Waals surface area (Å²) in [5.74, 6) is 0.472. The van der Waals surface area contributed by atoms with Crippen LogP contribution in [0.2, 0.25) is 0 Å². The van der Waals surface area contributed by atoms with E-state index in [-0.39, 0.29) is 5.82 Å². The summed E-state index contributed by atoms with van der Waals surface area (Å²) in [6.07, 6.45) is 9.65. The second kappa shape index (κ2) is 8.70. The maximum Gasteiger partial charge on any atom is 0.131 e. The molecule has 1 nitrogen and oxygen atoms in total. The van der Waals surface area contributed by atoms with Crippen LogP contribution in [0.1, 0.15) is 51.0 Å². The molecule has 0 unspecified atom stereocenters. The molecule has 0 aliphatic heterocycles. The van der Waals surface area contributed by atoms with Crippen molar-refractivity contribution in [1.82, 2.24) is 5.32 Å². The van der Waals surface area contributed by atoms with Crippen LogP contribution in [-0.2, 0) is 0 Å². The Bertz CT molecular complexity index is 478. The molecule has 1 aliphatic rings. The summed E-state index contributed by atoms with van der Waals surface area (Å²) in [5, 5.41) is 3.48. The van der Waals surface area contributed by atoms with Crippen LogP contribution in [0, 0.1) is 11.7 Å². The van der Waals surface area contributed by atoms with Crippen molar-refractivity contribution in [2.24, 2.45) is 5.92 Å². The lowest BCUT2D eigenvalue weighted by molar-refractivity contribution is 0.396. The van der Waals surface area contributed by atoms with Gasteiger partial charge in [-0.1, -0.05) is 59.8 Å². The van der Waals surface area contributed by atoms with Crippen LogP contribution < -0.4 is 5.32 Å². The van der Waals surface area contributed by atoms with Gasteiger partial charge in [-0.05, 0) is 43.9 Å². The Morgan fingerprint density at radius 1 is 1.33 bits per heavy atom. The summed E-state index contributed by atoms with van der Waals surface area (Å²) in [5.41, 5.74) is 2.07. The fraction of sp³-hybridized carbons (Fsp3) is 0.556. The van der Waals surface area contributed by atoms with Crippen molar-refractivity contribution >= 4 is 22.0 Å². The predicted molar refractivity (Wildman–Crippen MR) is 91.8 cm³/mol. The Kier molecular flexibility index (Phi) is 6.91. The van der Waals surface area contributed by atoms with Crippen molar-refractivity contribution in [3.05, 3.63) is 39.6 Å². The Hall–Kier alpha value is -0.670. The van der Waals surface area contributed by atoms with Crippen LogP contribution in [0.5, 0.6) is 0 Å². The van der Waals surface area contributed by atoms with Gasteiger partial charge in [0, 0.05) is 16.6 Å². The number of hydrogen-bond acceptors (Lipinski definition) is 1. The zero-order chi connectivity index (χ0) is 15.1. The third kappa shape index (κ3) is 5.23. The summed E-state index contributed by atoms with van der Waals surface area (Å²) in [4.78, 5) is 0. The summed E-state index contributed by atoms with van der Waals surface area (Å²) >= 11 is 3.32. The largest absolute Gasteiger partial charge is 0.313 e. The number of nitrogens with one attached hydrogen (secondary N) is 1. The van der Waals surface area contributed by atoms with E-state index in [2.05, 4.69) is 34.2 Å². The van der Waals surface area contributed by atoms with E-state index in [1.54, 1.807) is 6.07 Å². The quantitative estimate of drug-likeness (QED) is 0.661. The molecule has 1 aromatic carbocycles. The maximum atomic E-state index is 14.1. The van der Waals surface area contributed by atoms with E-state index in [0.29, 0.717) is 11.5 Å². The molecule has 0 bridgehead atoms. The molecular weight excluding hydrogens is 329 g/mol. The van der Waals surface area contributed by atoms with Gasteiger partial charge in [-0.25, -0.2) is 4.39 Å². The molecule has 1 fully saturated rings. The van der Waals surface area contributed by atoms with Crippen molar-refractivity contribution in [1.29, 1.82) is 0 Å². The highest BCUT2D eigenvalue weighted by molar-refractivity contribution is 9.10. The molecule has 3 heteroatoms. The smallest absolute Gasteiger partial charge is 0.131 e. The Balaban J connectivity index is 2.17. The monoisotopic (exact) mass is 353 g/mol. The highest BCUT2D eigenvalue weighted by Crippen LogP contribution is 2.31. The third-order valence-corrected chi connectivity index (χ3v) is 4.68. The van der Waals surface area contributed by atoms with Crippen molar-refractivity contribution in [2.45, 2.75) is 45.4 Å². The van der Waals surface area contributed by atoms with Crippen LogP contribution in [-0.4, -0.2) is 13.1 Å². The lowest BCUT2D eigenvalue weighted by atomic mass is 9.83. The van der Waals surface area contributed by atoms with Crippen LogP contribution in [0.3, 0.4) is 0 Å². The van der Waals surface area contributed by atoms with Crippen molar-refractivity contribution in [3.63, 3.8) is 0 Å². The van der Waals surface area contributed by atoms with Crippen LogP contribution in [0.15, 0.2) is 28.2 Å². The van der Waals surface area contributed by atoms with E-state index in [0.717, 1.165) is 24.0 Å². The molecule has 0 radical (unpaired) electrons. The van der Waals surface area contributed by atoms with Gasteiger partial charge in [-0.2, -0.15) is 0 Å². The molecule has 116 valence electrons. The van der Waals surface area contributed by atoms with E-state index in [1.807, 2.05) is 12.1 Å². The van der Waals surface area contributed by atoms with Crippen LogP contribution in [0.25, 0.3) is 6.08 Å². The third-order valence-electron chi connectivity index (χ3n) is 4.19. The molecule has 2 rings (SSSR count). The number of benzene rings is 1. The van der Waals surface area contributed by atoms with Gasteiger partial charge >= 0.3 is 0 Å². The molecule has 0 atom stereocenters. The van der Waals surface area contributed by atoms with Crippen LogP contribution in [0.4, 0.5) is 4.39 Å². The number of hydrogen-bond donors (Lipinski definition) is 1. The summed E-state index contributed by atoms with van der Waals surface area (Å²) < 4.78 is 14.9. The summed E-state index contributed by atoms with van der Waals surface area (Å²) in [6, 6.07) is 5.32. The van der Waals surface area contributed by atoms with Crippen LogP contribution >= 0.6 is 15.9 Å². The minimum Gasteiger partial charge on any atom is -0.313 e. The molecule has 1 saturated carbocycles. The first-order valence-electron chi connectivity index (χ1n) is 8.07. The highest BCUT2D eigenvalue weighted by Gasteiger charge is 2.18. The standard InChI is InChI=1S/C18H25BrFN/c1-2-10-21-13-16(14-6-4-3-5-7-14)11-15-8-9-17(19)12-18(15)20/h8-9,11-12,14,21H,2-7,10,13H2,1H3/b16-11-. The van der Waals surface area contributed by atoms with Gasteiger partial charge in [0.15, 0.2) is 0 Å². The normalized spacial score (nSPS) is 17.2. The van der Waals surface area contributed by atoms with Gasteiger partial charge in [0.05, 0.1) is 0 Å². The molecule has 21 heavy (non-hydrogen) atoms. The van der Waals surface area contributed by atoms with Gasteiger partial charge < -0.3 is 5.32 Å². The molecule has 0 aromatic heterocycles. The molecule has 1 N–H and O–H groups in total. The van der Waals surface area contributed by atoms with Gasteiger partial charge in [0.25, 0.3) is 0 Å². The van der Waals surface area contributed by atoms with Crippen molar-refractivity contribution < 1.29 is 4.39 Å². The predicted octanol–water partition coefficient (Wildman–Crippen LogP) is 5.55. The van der Waals surface area contributed by atoms with E-state index in [9.17, 15) is 4.39 Å². The van der Waals surface area contributed by atoms with Gasteiger partial charge in [-0.3, -0.25) is 0 Å². The topological polar surface area (TPSA) is 12.0 Å². The highest BCUT2D eigenvalue weighted by atomic mass is 79.9. The Morgan fingerprint density at radius 3 is 2.76 bits per heavy atom. The second-order valence-electron chi connectivity index (χ2n) is 5.90. The number of rotatable bonds is 6. The Morgan fingerprint density at radius 2 is 2.10 bits per heavy atom. The van der Waals surface area contributed by atoms with Crippen molar-refractivity contribution in [2.75, 3.05) is 13.1 Å². The summed E-state index contributed by atoms with van der Waals surface area (Å²) in [7, 11) is 0. The number of halogens is 2. The fourth-order valence-electron chi connectivity index (χ4n) is 3.01. The van der Waals surface area contributed by atoms with Gasteiger partial charge in [0.1, 0.15) is 5.82 Å². The lowest BCUT2D eigenvalue weighted by Crippen LogP contribution is -2.23. The SMILES string of the molecule is CCCNC/C(=C/c1ccc(Br)cc1F)C1CCCCC1. The molecule has 1 aromatic rings. The van der Waals surface area contributed by atoms with Gasteiger partial charge in [-0.15, -0.1) is 0 Å². The van der Waals surface area contributed by atoms with E-state index < -0.39 is 0 Å². The average molecular weight is 354 g/mol.